The summed E-state index contributed by atoms with van der Waals surface area (Å²) in [5.41, 5.74) is 3.92. The first kappa shape index (κ1) is 14.5. The zero-order valence-electron chi connectivity index (χ0n) is 11.1. The lowest BCUT2D eigenvalue weighted by Gasteiger charge is -2.21. The maximum Gasteiger partial charge on any atom is 0.0773 e. The fourth-order valence-electron chi connectivity index (χ4n) is 2.12. The van der Waals surface area contributed by atoms with Crippen molar-refractivity contribution in [3.8, 4) is 0 Å². The van der Waals surface area contributed by atoms with Gasteiger partial charge < -0.3 is 0 Å². The number of nitrogens with one attached hydrogen (secondary N) is 1. The molecule has 0 saturated heterocycles. The van der Waals surface area contributed by atoms with E-state index >= 15 is 0 Å². The van der Waals surface area contributed by atoms with Gasteiger partial charge in [0.05, 0.1) is 16.6 Å². The van der Waals surface area contributed by atoms with Gasteiger partial charge >= 0.3 is 0 Å². The molecule has 0 aliphatic rings. The number of nitrogens with two attached hydrogens (primary N) is 1. The van der Waals surface area contributed by atoms with E-state index < -0.39 is 0 Å². The van der Waals surface area contributed by atoms with Gasteiger partial charge in [-0.15, -0.1) is 5.10 Å². The second-order valence-electron chi connectivity index (χ2n) is 4.59. The minimum atomic E-state index is 0.205. The van der Waals surface area contributed by atoms with Crippen LogP contribution in [0.5, 0.6) is 0 Å². The van der Waals surface area contributed by atoms with Crippen molar-refractivity contribution in [2.24, 2.45) is 11.8 Å². The molecule has 1 aromatic rings. The van der Waals surface area contributed by atoms with Gasteiger partial charge in [-0.05, 0) is 30.8 Å². The third kappa shape index (κ3) is 4.33. The van der Waals surface area contributed by atoms with E-state index in [1.165, 1.54) is 42.1 Å². The minimum absolute atomic E-state index is 0.205. The Balaban J connectivity index is 2.59. The number of hydrazine groups is 1. The van der Waals surface area contributed by atoms with Crippen molar-refractivity contribution in [2.45, 2.75) is 58.9 Å². The quantitative estimate of drug-likeness (QED) is 0.554. The van der Waals surface area contributed by atoms with Crippen LogP contribution in [0.1, 0.15) is 62.6 Å². The van der Waals surface area contributed by atoms with Gasteiger partial charge in [0.2, 0.25) is 0 Å². The predicted molar refractivity (Wildman–Crippen MR) is 72.6 cm³/mol. The van der Waals surface area contributed by atoms with Crippen molar-refractivity contribution in [3.05, 3.63) is 10.6 Å². The van der Waals surface area contributed by atoms with Crippen molar-refractivity contribution >= 4 is 11.5 Å². The molecule has 0 spiro atoms. The molecular formula is C12H24N4S. The Kier molecular flexibility index (Phi) is 6.62. The zero-order valence-corrected chi connectivity index (χ0v) is 11.9. The highest BCUT2D eigenvalue weighted by molar-refractivity contribution is 7.05. The number of hydrogen-bond acceptors (Lipinski definition) is 5. The number of hydrogen-bond donors (Lipinski definition) is 2. The molecule has 0 bridgehead atoms. The van der Waals surface area contributed by atoms with Gasteiger partial charge in [-0.2, -0.15) is 0 Å². The topological polar surface area (TPSA) is 63.8 Å². The Morgan fingerprint density at radius 2 is 2.18 bits per heavy atom. The van der Waals surface area contributed by atoms with Crippen LogP contribution in [-0.2, 0) is 0 Å². The molecule has 1 aromatic heterocycles. The Labute approximate surface area is 108 Å². The van der Waals surface area contributed by atoms with E-state index in [0.717, 1.165) is 18.0 Å². The van der Waals surface area contributed by atoms with E-state index in [4.69, 9.17) is 5.84 Å². The van der Waals surface area contributed by atoms with Crippen molar-refractivity contribution in [1.82, 2.24) is 15.0 Å². The zero-order chi connectivity index (χ0) is 12.7. The molecule has 5 heteroatoms. The third-order valence-corrected chi connectivity index (χ3v) is 4.26. The summed E-state index contributed by atoms with van der Waals surface area (Å²) in [6.07, 6.45) is 6.14. The van der Waals surface area contributed by atoms with Gasteiger partial charge in [0.1, 0.15) is 0 Å². The van der Waals surface area contributed by atoms with Gasteiger partial charge in [0.25, 0.3) is 0 Å². The van der Waals surface area contributed by atoms with Crippen LogP contribution < -0.4 is 11.3 Å². The van der Waals surface area contributed by atoms with Crippen LogP contribution >= 0.6 is 11.5 Å². The van der Waals surface area contributed by atoms with E-state index in [1.54, 1.807) is 0 Å². The van der Waals surface area contributed by atoms with Crippen molar-refractivity contribution in [1.29, 1.82) is 0 Å². The van der Waals surface area contributed by atoms with Crippen molar-refractivity contribution < 1.29 is 0 Å². The molecule has 17 heavy (non-hydrogen) atoms. The third-order valence-electron chi connectivity index (χ3n) is 3.32. The fourth-order valence-corrected chi connectivity index (χ4v) is 2.84. The summed E-state index contributed by atoms with van der Waals surface area (Å²) in [6.45, 7) is 6.49. The minimum Gasteiger partial charge on any atom is -0.271 e. The standard InChI is InChI=1S/C12H24N4S/c1-4-6-7-10(5-2)8-11(14-13)12-9(3)15-16-17-12/h10-11,14H,4-8,13H2,1-3H3. The van der Waals surface area contributed by atoms with Gasteiger partial charge in [0.15, 0.2) is 0 Å². The lowest BCUT2D eigenvalue weighted by Crippen LogP contribution is -2.29. The van der Waals surface area contributed by atoms with Gasteiger partial charge in [-0.25, -0.2) is 0 Å². The molecule has 0 aliphatic carbocycles. The summed E-state index contributed by atoms with van der Waals surface area (Å²) in [5.74, 6) is 6.40. The van der Waals surface area contributed by atoms with E-state index in [2.05, 4.69) is 28.9 Å². The molecule has 98 valence electrons. The molecule has 0 saturated carbocycles. The lowest BCUT2D eigenvalue weighted by atomic mass is 9.91. The highest BCUT2D eigenvalue weighted by Crippen LogP contribution is 2.29. The summed E-state index contributed by atoms with van der Waals surface area (Å²) in [7, 11) is 0. The molecular weight excluding hydrogens is 232 g/mol. The second kappa shape index (κ2) is 7.74. The highest BCUT2D eigenvalue weighted by Gasteiger charge is 2.19. The number of unbranched alkanes of at least 4 members (excludes halogenated alkanes) is 1. The molecule has 0 aliphatic heterocycles. The first-order valence-electron chi connectivity index (χ1n) is 6.47. The molecule has 1 rings (SSSR count). The second-order valence-corrected chi connectivity index (χ2v) is 5.38. The Bertz CT molecular complexity index is 313. The van der Waals surface area contributed by atoms with E-state index in [0.29, 0.717) is 0 Å². The van der Waals surface area contributed by atoms with Crippen molar-refractivity contribution in [3.63, 3.8) is 0 Å². The molecule has 2 atom stereocenters. The summed E-state index contributed by atoms with van der Waals surface area (Å²) < 4.78 is 3.98. The molecule has 2 unspecified atom stereocenters. The Morgan fingerprint density at radius 3 is 2.65 bits per heavy atom. The Morgan fingerprint density at radius 1 is 1.41 bits per heavy atom. The average molecular weight is 256 g/mol. The van der Waals surface area contributed by atoms with Gasteiger partial charge in [-0.1, -0.05) is 44.0 Å². The number of nitrogens with zero attached hydrogens (tertiary/aromatic N) is 2. The number of aryl methyl sites for hydroxylation is 1. The molecule has 3 N–H and O–H groups in total. The molecule has 0 amide bonds. The first-order valence-corrected chi connectivity index (χ1v) is 7.25. The normalized spacial score (nSPS) is 14.8. The maximum absolute atomic E-state index is 5.67. The summed E-state index contributed by atoms with van der Waals surface area (Å²) >= 11 is 1.45. The maximum atomic E-state index is 5.67. The average Bonchev–Trinajstić information content (AvgIpc) is 2.76. The van der Waals surface area contributed by atoms with E-state index in [9.17, 15) is 0 Å². The van der Waals surface area contributed by atoms with Crippen LogP contribution in [0.15, 0.2) is 0 Å². The SMILES string of the molecule is CCCCC(CC)CC(NN)c1snnc1C. The van der Waals surface area contributed by atoms with Crippen LogP contribution in [0.3, 0.4) is 0 Å². The predicted octanol–water partition coefficient (Wildman–Crippen LogP) is 2.96. The molecule has 1 heterocycles. The highest BCUT2D eigenvalue weighted by atomic mass is 32.1. The lowest BCUT2D eigenvalue weighted by molar-refractivity contribution is 0.358. The van der Waals surface area contributed by atoms with Crippen LogP contribution in [0, 0.1) is 12.8 Å². The van der Waals surface area contributed by atoms with Crippen molar-refractivity contribution in [2.75, 3.05) is 0 Å². The van der Waals surface area contributed by atoms with Crippen LogP contribution in [0.2, 0.25) is 0 Å². The van der Waals surface area contributed by atoms with E-state index in [1.807, 2.05) is 6.92 Å². The number of aromatic nitrogens is 2. The van der Waals surface area contributed by atoms with Gasteiger partial charge in [-0.3, -0.25) is 11.3 Å². The van der Waals surface area contributed by atoms with Crippen LogP contribution in [0.25, 0.3) is 0 Å². The summed E-state index contributed by atoms with van der Waals surface area (Å²) in [6, 6.07) is 0.205. The van der Waals surface area contributed by atoms with Gasteiger partial charge in [0, 0.05) is 0 Å². The molecule has 4 nitrogen and oxygen atoms in total. The van der Waals surface area contributed by atoms with Crippen LogP contribution in [-0.4, -0.2) is 9.59 Å². The molecule has 0 fully saturated rings. The summed E-state index contributed by atoms with van der Waals surface area (Å²) in [4.78, 5) is 1.18. The smallest absolute Gasteiger partial charge is 0.0773 e. The summed E-state index contributed by atoms with van der Waals surface area (Å²) in [5, 5.41) is 4.05. The molecule has 0 aromatic carbocycles. The monoisotopic (exact) mass is 256 g/mol. The Hall–Kier alpha value is -0.520. The van der Waals surface area contributed by atoms with E-state index in [-0.39, 0.29) is 6.04 Å². The fraction of sp³-hybridized carbons (Fsp3) is 0.833. The largest absolute Gasteiger partial charge is 0.271 e. The first-order chi connectivity index (χ1) is 8.22. The number of rotatable bonds is 8. The molecule has 0 radical (unpaired) electrons. The van der Waals surface area contributed by atoms with Crippen LogP contribution in [0.4, 0.5) is 0 Å².